The molecule has 0 aliphatic rings. The number of benzene rings is 1. The summed E-state index contributed by atoms with van der Waals surface area (Å²) in [6.07, 6.45) is 4.00. The average Bonchev–Trinajstić information content (AvgIpc) is 2.49. The average molecular weight is 337 g/mol. The van der Waals surface area contributed by atoms with Gasteiger partial charge in [0.25, 0.3) is 0 Å². The second-order valence-corrected chi connectivity index (χ2v) is 6.80. The number of nitrogens with one attached hydrogen (secondary N) is 1. The summed E-state index contributed by atoms with van der Waals surface area (Å²) < 4.78 is 38.1. The minimum Gasteiger partial charge on any atom is -0.323 e. The summed E-state index contributed by atoms with van der Waals surface area (Å²) >= 11 is 0. The van der Waals surface area contributed by atoms with Gasteiger partial charge in [0.1, 0.15) is 11.9 Å². The monoisotopic (exact) mass is 337 g/mol. The van der Waals surface area contributed by atoms with Gasteiger partial charge in [0.05, 0.1) is 23.8 Å². The Bertz CT molecular complexity index is 779. The molecule has 1 N–H and O–H groups in total. The van der Waals surface area contributed by atoms with Gasteiger partial charge in [0.15, 0.2) is 0 Å². The highest BCUT2D eigenvalue weighted by molar-refractivity contribution is 7.92. The van der Waals surface area contributed by atoms with Crippen LogP contribution in [-0.2, 0) is 14.8 Å². The molecular formula is C15H16FN3O3S. The Labute approximate surface area is 134 Å². The van der Waals surface area contributed by atoms with Crippen molar-refractivity contribution < 1.29 is 17.6 Å². The van der Waals surface area contributed by atoms with Gasteiger partial charge in [0.2, 0.25) is 15.9 Å². The van der Waals surface area contributed by atoms with E-state index in [1.54, 1.807) is 18.3 Å². The topological polar surface area (TPSA) is 79.4 Å². The van der Waals surface area contributed by atoms with E-state index in [1.165, 1.54) is 25.3 Å². The van der Waals surface area contributed by atoms with E-state index in [4.69, 9.17) is 0 Å². The van der Waals surface area contributed by atoms with Crippen molar-refractivity contribution in [3.05, 3.63) is 54.6 Å². The van der Waals surface area contributed by atoms with Crippen molar-refractivity contribution >= 4 is 27.3 Å². The van der Waals surface area contributed by atoms with E-state index in [1.807, 2.05) is 0 Å². The van der Waals surface area contributed by atoms with Gasteiger partial charge in [0, 0.05) is 6.20 Å². The van der Waals surface area contributed by atoms with E-state index in [2.05, 4.69) is 10.3 Å². The quantitative estimate of drug-likeness (QED) is 0.905. The van der Waals surface area contributed by atoms with Crippen molar-refractivity contribution in [3.63, 3.8) is 0 Å². The lowest BCUT2D eigenvalue weighted by Gasteiger charge is -2.28. The molecule has 1 atom stereocenters. The molecule has 6 nitrogen and oxygen atoms in total. The summed E-state index contributed by atoms with van der Waals surface area (Å²) in [5, 5.41) is 2.59. The lowest BCUT2D eigenvalue weighted by atomic mass is 10.2. The van der Waals surface area contributed by atoms with E-state index in [9.17, 15) is 17.6 Å². The second kappa shape index (κ2) is 6.74. The number of carbonyl (C=O) groups excluding carboxylic acids is 1. The van der Waals surface area contributed by atoms with E-state index in [0.717, 1.165) is 22.7 Å². The summed E-state index contributed by atoms with van der Waals surface area (Å²) in [5.41, 5.74) is 0.666. The molecule has 23 heavy (non-hydrogen) atoms. The Morgan fingerprint density at radius 1 is 1.26 bits per heavy atom. The first kappa shape index (κ1) is 16.9. The van der Waals surface area contributed by atoms with Gasteiger partial charge in [-0.2, -0.15) is 0 Å². The Morgan fingerprint density at radius 3 is 2.43 bits per heavy atom. The number of halogens is 1. The molecule has 0 saturated carbocycles. The summed E-state index contributed by atoms with van der Waals surface area (Å²) in [6, 6.07) is 7.16. The molecule has 0 unspecified atom stereocenters. The molecule has 1 aromatic heterocycles. The van der Waals surface area contributed by atoms with E-state index in [-0.39, 0.29) is 5.69 Å². The molecule has 0 aliphatic carbocycles. The molecule has 2 rings (SSSR count). The van der Waals surface area contributed by atoms with Crippen LogP contribution in [0.3, 0.4) is 0 Å². The van der Waals surface area contributed by atoms with Crippen LogP contribution in [0, 0.1) is 5.82 Å². The smallest absolute Gasteiger partial charge is 0.248 e. The highest BCUT2D eigenvalue weighted by atomic mass is 32.2. The standard InChI is InChI=1S/C15H16FN3O3S/c1-11(15(20)18-13-4-3-9-17-10-13)19(23(2,21)22)14-7-5-12(16)6-8-14/h3-11H,1-2H3,(H,18,20)/t11-/m1/s1. The fourth-order valence-electron chi connectivity index (χ4n) is 2.08. The number of aromatic nitrogens is 1. The largest absolute Gasteiger partial charge is 0.323 e. The molecule has 2 aromatic rings. The zero-order valence-corrected chi connectivity index (χ0v) is 13.4. The predicted molar refractivity (Wildman–Crippen MR) is 86.1 cm³/mol. The van der Waals surface area contributed by atoms with Crippen molar-refractivity contribution in [1.82, 2.24) is 4.98 Å². The Kier molecular flexibility index (Phi) is 4.95. The van der Waals surface area contributed by atoms with Gasteiger partial charge in [-0.25, -0.2) is 12.8 Å². The van der Waals surface area contributed by atoms with Crippen molar-refractivity contribution in [2.75, 3.05) is 15.9 Å². The number of hydrogen-bond acceptors (Lipinski definition) is 4. The number of nitrogens with zero attached hydrogens (tertiary/aromatic N) is 2. The Balaban J connectivity index is 2.28. The van der Waals surface area contributed by atoms with Gasteiger partial charge >= 0.3 is 0 Å². The van der Waals surface area contributed by atoms with Gasteiger partial charge in [-0.1, -0.05) is 0 Å². The fourth-order valence-corrected chi connectivity index (χ4v) is 3.26. The molecular weight excluding hydrogens is 321 g/mol. The zero-order valence-electron chi connectivity index (χ0n) is 12.6. The third-order valence-electron chi connectivity index (χ3n) is 3.10. The number of anilines is 2. The molecule has 0 aliphatic heterocycles. The summed E-state index contributed by atoms with van der Waals surface area (Å²) in [7, 11) is -3.73. The molecule has 0 fully saturated rings. The molecule has 1 aromatic carbocycles. The van der Waals surface area contributed by atoms with Gasteiger partial charge in [-0.3, -0.25) is 14.1 Å². The van der Waals surface area contributed by atoms with E-state index in [0.29, 0.717) is 5.69 Å². The highest BCUT2D eigenvalue weighted by Crippen LogP contribution is 2.21. The number of rotatable bonds is 5. The fraction of sp³-hybridized carbons (Fsp3) is 0.200. The van der Waals surface area contributed by atoms with Crippen LogP contribution in [0.2, 0.25) is 0 Å². The number of amides is 1. The van der Waals surface area contributed by atoms with Crippen molar-refractivity contribution in [2.24, 2.45) is 0 Å². The SMILES string of the molecule is C[C@H](C(=O)Nc1cccnc1)N(c1ccc(F)cc1)S(C)(=O)=O. The maximum absolute atomic E-state index is 13.0. The third-order valence-corrected chi connectivity index (χ3v) is 4.34. The van der Waals surface area contributed by atoms with Crippen LogP contribution in [0.15, 0.2) is 48.8 Å². The minimum absolute atomic E-state index is 0.211. The first-order valence-electron chi connectivity index (χ1n) is 6.75. The molecule has 8 heteroatoms. The predicted octanol–water partition coefficient (Wildman–Crippen LogP) is 2.01. The molecule has 122 valence electrons. The van der Waals surface area contributed by atoms with Crippen molar-refractivity contribution in [3.8, 4) is 0 Å². The number of carbonyl (C=O) groups is 1. The molecule has 1 amide bonds. The second-order valence-electron chi connectivity index (χ2n) is 4.94. The first-order chi connectivity index (χ1) is 10.8. The normalized spacial score (nSPS) is 12.5. The molecule has 0 spiro atoms. The molecule has 0 radical (unpaired) electrons. The Morgan fingerprint density at radius 2 is 1.91 bits per heavy atom. The summed E-state index contributed by atoms with van der Waals surface area (Å²) in [6.45, 7) is 1.45. The van der Waals surface area contributed by atoms with E-state index < -0.39 is 27.8 Å². The molecule has 0 bridgehead atoms. The lowest BCUT2D eigenvalue weighted by molar-refractivity contribution is -0.116. The van der Waals surface area contributed by atoms with E-state index >= 15 is 0 Å². The van der Waals surface area contributed by atoms with Crippen molar-refractivity contribution in [1.29, 1.82) is 0 Å². The van der Waals surface area contributed by atoms with Crippen LogP contribution >= 0.6 is 0 Å². The summed E-state index contributed by atoms with van der Waals surface area (Å²) in [5.74, 6) is -1.01. The third kappa shape index (κ3) is 4.26. The van der Waals surface area contributed by atoms with Gasteiger partial charge in [-0.15, -0.1) is 0 Å². The number of sulfonamides is 1. The number of hydrogen-bond donors (Lipinski definition) is 1. The van der Waals surface area contributed by atoms with Crippen LogP contribution in [0.25, 0.3) is 0 Å². The lowest BCUT2D eigenvalue weighted by Crippen LogP contribution is -2.45. The van der Waals surface area contributed by atoms with Crippen LogP contribution in [0.4, 0.5) is 15.8 Å². The maximum Gasteiger partial charge on any atom is 0.248 e. The first-order valence-corrected chi connectivity index (χ1v) is 8.60. The maximum atomic E-state index is 13.0. The minimum atomic E-state index is -3.73. The molecule has 1 heterocycles. The van der Waals surface area contributed by atoms with Crippen LogP contribution < -0.4 is 9.62 Å². The van der Waals surface area contributed by atoms with Gasteiger partial charge < -0.3 is 5.32 Å². The van der Waals surface area contributed by atoms with Crippen LogP contribution in [0.5, 0.6) is 0 Å². The Hall–Kier alpha value is -2.48. The molecule has 0 saturated heterocycles. The van der Waals surface area contributed by atoms with Crippen molar-refractivity contribution in [2.45, 2.75) is 13.0 Å². The van der Waals surface area contributed by atoms with Crippen LogP contribution in [0.1, 0.15) is 6.92 Å². The highest BCUT2D eigenvalue weighted by Gasteiger charge is 2.29. The zero-order chi connectivity index (χ0) is 17.0. The number of pyridine rings is 1. The summed E-state index contributed by atoms with van der Waals surface area (Å²) in [4.78, 5) is 16.2. The van der Waals surface area contributed by atoms with Crippen LogP contribution in [-0.4, -0.2) is 31.6 Å². The van der Waals surface area contributed by atoms with Gasteiger partial charge in [-0.05, 0) is 43.3 Å².